The number of rotatable bonds is 5. The highest BCUT2D eigenvalue weighted by Crippen LogP contribution is 2.14. The van der Waals surface area contributed by atoms with Crippen LogP contribution in [0.1, 0.15) is 32.2 Å². The summed E-state index contributed by atoms with van der Waals surface area (Å²) in [5, 5.41) is 3.32. The molecule has 19 heavy (non-hydrogen) atoms. The van der Waals surface area contributed by atoms with Crippen LogP contribution in [0.25, 0.3) is 0 Å². The number of nitrogens with zero attached hydrogens (tertiary/aromatic N) is 2. The fourth-order valence-corrected chi connectivity index (χ4v) is 2.37. The van der Waals surface area contributed by atoms with Gasteiger partial charge in [-0.05, 0) is 32.5 Å². The van der Waals surface area contributed by atoms with Crippen molar-refractivity contribution in [2.24, 2.45) is 0 Å². The van der Waals surface area contributed by atoms with Crippen LogP contribution in [-0.4, -0.2) is 41.7 Å². The highest BCUT2D eigenvalue weighted by atomic mass is 16.5. The predicted octanol–water partition coefficient (Wildman–Crippen LogP) is 1.80. The average molecular weight is 263 g/mol. The van der Waals surface area contributed by atoms with Gasteiger partial charge >= 0.3 is 0 Å². The number of hydrogen-bond donors (Lipinski definition) is 1. The lowest BCUT2D eigenvalue weighted by Crippen LogP contribution is -2.46. The van der Waals surface area contributed by atoms with Crippen LogP contribution in [-0.2, 0) is 17.8 Å². The Morgan fingerprint density at radius 1 is 1.37 bits per heavy atom. The largest absolute Gasteiger partial charge is 0.376 e. The molecule has 2 heterocycles. The van der Waals surface area contributed by atoms with Crippen LogP contribution >= 0.6 is 0 Å². The first kappa shape index (κ1) is 14.4. The van der Waals surface area contributed by atoms with E-state index in [1.165, 1.54) is 0 Å². The fraction of sp³-hybridized carbons (Fsp3) is 0.667. The summed E-state index contributed by atoms with van der Waals surface area (Å²) in [6.45, 7) is 11.0. The molecule has 1 N–H and O–H groups in total. The minimum atomic E-state index is 0.321. The van der Waals surface area contributed by atoms with Crippen LogP contribution in [0.15, 0.2) is 18.2 Å². The summed E-state index contributed by atoms with van der Waals surface area (Å²) in [7, 11) is 0. The highest BCUT2D eigenvalue weighted by Gasteiger charge is 2.23. The summed E-state index contributed by atoms with van der Waals surface area (Å²) < 4.78 is 5.66. The van der Waals surface area contributed by atoms with E-state index >= 15 is 0 Å². The van der Waals surface area contributed by atoms with E-state index in [1.807, 2.05) is 0 Å². The van der Waals surface area contributed by atoms with Crippen molar-refractivity contribution >= 4 is 0 Å². The molecule has 0 saturated carbocycles. The van der Waals surface area contributed by atoms with Gasteiger partial charge in [0.1, 0.15) is 0 Å². The van der Waals surface area contributed by atoms with Crippen molar-refractivity contribution in [1.29, 1.82) is 0 Å². The quantitative estimate of drug-likeness (QED) is 0.879. The van der Waals surface area contributed by atoms with Crippen LogP contribution in [0.2, 0.25) is 0 Å². The molecule has 1 fully saturated rings. The predicted molar refractivity (Wildman–Crippen MR) is 76.9 cm³/mol. The van der Waals surface area contributed by atoms with Gasteiger partial charge in [0.2, 0.25) is 0 Å². The monoisotopic (exact) mass is 263 g/mol. The number of aromatic nitrogens is 1. The molecule has 2 unspecified atom stereocenters. The normalized spacial score (nSPS) is 24.6. The lowest BCUT2D eigenvalue weighted by atomic mass is 10.2. The standard InChI is InChI=1S/C15H25N3O/c1-4-16-8-14-6-5-7-15(17-14)10-18-9-13(3)19-11-12(18)2/h5-7,12-13,16H,4,8-11H2,1-3H3. The summed E-state index contributed by atoms with van der Waals surface area (Å²) in [6, 6.07) is 6.76. The Morgan fingerprint density at radius 3 is 2.95 bits per heavy atom. The molecule has 4 heteroatoms. The van der Waals surface area contributed by atoms with Gasteiger partial charge in [-0.15, -0.1) is 0 Å². The number of pyridine rings is 1. The van der Waals surface area contributed by atoms with Gasteiger partial charge in [-0.25, -0.2) is 0 Å². The van der Waals surface area contributed by atoms with Crippen molar-refractivity contribution in [2.75, 3.05) is 19.7 Å². The van der Waals surface area contributed by atoms with Gasteiger partial charge in [-0.3, -0.25) is 9.88 Å². The Labute approximate surface area is 116 Å². The first-order chi connectivity index (χ1) is 9.19. The molecular weight excluding hydrogens is 238 g/mol. The van der Waals surface area contributed by atoms with Gasteiger partial charge in [0.05, 0.1) is 24.1 Å². The number of morpholine rings is 1. The molecule has 2 rings (SSSR count). The molecule has 106 valence electrons. The van der Waals surface area contributed by atoms with E-state index in [1.54, 1.807) is 0 Å². The number of ether oxygens (including phenoxy) is 1. The Kier molecular flexibility index (Phi) is 5.31. The van der Waals surface area contributed by atoms with Crippen LogP contribution in [0.3, 0.4) is 0 Å². The highest BCUT2D eigenvalue weighted by molar-refractivity contribution is 5.11. The first-order valence-electron chi connectivity index (χ1n) is 7.20. The average Bonchev–Trinajstić information content (AvgIpc) is 2.41. The number of nitrogens with one attached hydrogen (secondary N) is 1. The van der Waals surface area contributed by atoms with Crippen LogP contribution in [0, 0.1) is 0 Å². The second-order valence-electron chi connectivity index (χ2n) is 5.32. The summed E-state index contributed by atoms with van der Waals surface area (Å²) in [5.41, 5.74) is 2.27. The van der Waals surface area contributed by atoms with Crippen molar-refractivity contribution in [3.8, 4) is 0 Å². The minimum Gasteiger partial charge on any atom is -0.376 e. The third-order valence-corrected chi connectivity index (χ3v) is 3.52. The SMILES string of the molecule is CCNCc1cccc(CN2CC(C)OCC2C)n1. The summed E-state index contributed by atoms with van der Waals surface area (Å²) in [5.74, 6) is 0. The molecule has 2 atom stereocenters. The summed E-state index contributed by atoms with van der Waals surface area (Å²) >= 11 is 0. The zero-order chi connectivity index (χ0) is 13.7. The van der Waals surface area contributed by atoms with Crippen molar-refractivity contribution in [3.63, 3.8) is 0 Å². The van der Waals surface area contributed by atoms with E-state index in [0.29, 0.717) is 12.1 Å². The Bertz CT molecular complexity index is 397. The molecule has 1 aromatic rings. The van der Waals surface area contributed by atoms with Crippen LogP contribution < -0.4 is 5.32 Å². The molecule has 1 saturated heterocycles. The van der Waals surface area contributed by atoms with Gasteiger partial charge in [-0.2, -0.15) is 0 Å². The van der Waals surface area contributed by atoms with E-state index in [-0.39, 0.29) is 0 Å². The molecule has 0 bridgehead atoms. The second-order valence-corrected chi connectivity index (χ2v) is 5.32. The van der Waals surface area contributed by atoms with Crippen molar-refractivity contribution < 1.29 is 4.74 Å². The Hall–Kier alpha value is -0.970. The minimum absolute atomic E-state index is 0.321. The van der Waals surface area contributed by atoms with E-state index in [9.17, 15) is 0 Å². The maximum atomic E-state index is 5.66. The second kappa shape index (κ2) is 6.98. The van der Waals surface area contributed by atoms with E-state index < -0.39 is 0 Å². The molecular formula is C15H25N3O. The summed E-state index contributed by atoms with van der Waals surface area (Å²) in [6.07, 6.45) is 0.321. The van der Waals surface area contributed by atoms with Crippen molar-refractivity contribution in [2.45, 2.75) is 46.0 Å². The topological polar surface area (TPSA) is 37.4 Å². The molecule has 4 nitrogen and oxygen atoms in total. The molecule has 1 aliphatic rings. The smallest absolute Gasteiger partial charge is 0.0674 e. The van der Waals surface area contributed by atoms with E-state index in [4.69, 9.17) is 9.72 Å². The van der Waals surface area contributed by atoms with Gasteiger partial charge in [0.25, 0.3) is 0 Å². The van der Waals surface area contributed by atoms with Gasteiger partial charge in [0.15, 0.2) is 0 Å². The van der Waals surface area contributed by atoms with E-state index in [0.717, 1.165) is 44.2 Å². The Balaban J connectivity index is 1.97. The molecule has 0 aromatic carbocycles. The molecule has 1 aliphatic heterocycles. The summed E-state index contributed by atoms with van der Waals surface area (Å²) in [4.78, 5) is 7.17. The zero-order valence-electron chi connectivity index (χ0n) is 12.2. The molecule has 0 radical (unpaired) electrons. The lowest BCUT2D eigenvalue weighted by molar-refractivity contribution is -0.0530. The molecule has 1 aromatic heterocycles. The van der Waals surface area contributed by atoms with Crippen molar-refractivity contribution in [1.82, 2.24) is 15.2 Å². The van der Waals surface area contributed by atoms with E-state index in [2.05, 4.69) is 49.2 Å². The maximum absolute atomic E-state index is 5.66. The van der Waals surface area contributed by atoms with Gasteiger partial charge in [0, 0.05) is 25.7 Å². The third kappa shape index (κ3) is 4.27. The lowest BCUT2D eigenvalue weighted by Gasteiger charge is -2.36. The maximum Gasteiger partial charge on any atom is 0.0674 e. The van der Waals surface area contributed by atoms with Crippen LogP contribution in [0.5, 0.6) is 0 Å². The van der Waals surface area contributed by atoms with Crippen molar-refractivity contribution in [3.05, 3.63) is 29.6 Å². The molecule has 0 spiro atoms. The van der Waals surface area contributed by atoms with Gasteiger partial charge < -0.3 is 10.1 Å². The molecule has 0 amide bonds. The molecule has 0 aliphatic carbocycles. The number of hydrogen-bond acceptors (Lipinski definition) is 4. The third-order valence-electron chi connectivity index (χ3n) is 3.52. The zero-order valence-corrected chi connectivity index (χ0v) is 12.2. The van der Waals surface area contributed by atoms with Crippen LogP contribution in [0.4, 0.5) is 0 Å². The van der Waals surface area contributed by atoms with Gasteiger partial charge in [-0.1, -0.05) is 13.0 Å². The fourth-order valence-electron chi connectivity index (χ4n) is 2.37. The first-order valence-corrected chi connectivity index (χ1v) is 7.20. The Morgan fingerprint density at radius 2 is 2.16 bits per heavy atom.